The second-order valence-electron chi connectivity index (χ2n) is 4.21. The molecule has 6 heteroatoms. The highest BCUT2D eigenvalue weighted by Crippen LogP contribution is 2.26. The van der Waals surface area contributed by atoms with Crippen LogP contribution in [0.3, 0.4) is 0 Å². The van der Waals surface area contributed by atoms with E-state index in [0.29, 0.717) is 30.2 Å². The number of likely N-dealkylation sites (N-methyl/N-ethyl adjacent to an activating group) is 1. The average molecular weight is 268 g/mol. The summed E-state index contributed by atoms with van der Waals surface area (Å²) < 4.78 is 5.50. The molecule has 0 radical (unpaired) electrons. The first kappa shape index (κ1) is 13.4. The van der Waals surface area contributed by atoms with Crippen molar-refractivity contribution in [3.05, 3.63) is 35.5 Å². The number of nitrogens with zero attached hydrogens (tertiary/aromatic N) is 3. The van der Waals surface area contributed by atoms with Crippen LogP contribution < -0.4 is 10.1 Å². The third-order valence-electron chi connectivity index (χ3n) is 2.87. The Morgan fingerprint density at radius 3 is 2.90 bits per heavy atom. The number of nitriles is 2. The highest BCUT2D eigenvalue weighted by molar-refractivity contribution is 5.98. The first-order chi connectivity index (χ1) is 9.65. The topological polar surface area (TPSA) is 89.2 Å². The smallest absolute Gasteiger partial charge is 0.257 e. The molecule has 0 atom stereocenters. The van der Waals surface area contributed by atoms with E-state index >= 15 is 0 Å². The number of hydrogen-bond acceptors (Lipinski definition) is 5. The Kier molecular flexibility index (Phi) is 3.88. The molecule has 0 aromatic heterocycles. The summed E-state index contributed by atoms with van der Waals surface area (Å²) in [6, 6.07) is 8.55. The number of hydrogen-bond donors (Lipinski definition) is 1. The maximum atomic E-state index is 12.1. The third-order valence-corrected chi connectivity index (χ3v) is 2.87. The molecule has 2 rings (SSSR count). The first-order valence-electron chi connectivity index (χ1n) is 5.95. The van der Waals surface area contributed by atoms with Gasteiger partial charge in [0.05, 0.1) is 12.1 Å². The molecule has 0 saturated heterocycles. The third kappa shape index (κ3) is 2.70. The van der Waals surface area contributed by atoms with Gasteiger partial charge < -0.3 is 15.0 Å². The van der Waals surface area contributed by atoms with Gasteiger partial charge in [0.15, 0.2) is 0 Å². The molecule has 1 aliphatic heterocycles. The molecule has 100 valence electrons. The number of carbonyl (C=O) groups is 1. The Hall–Kier alpha value is -2.99. The zero-order valence-electron chi connectivity index (χ0n) is 10.9. The van der Waals surface area contributed by atoms with Gasteiger partial charge in [-0.3, -0.25) is 4.79 Å². The Labute approximate surface area is 116 Å². The van der Waals surface area contributed by atoms with Crippen molar-refractivity contribution in [2.75, 3.05) is 25.5 Å². The van der Waals surface area contributed by atoms with Crippen LogP contribution in [0.1, 0.15) is 10.4 Å². The van der Waals surface area contributed by atoms with Crippen LogP contribution in [0.25, 0.3) is 0 Å². The van der Waals surface area contributed by atoms with Crippen LogP contribution in [-0.2, 0) is 0 Å². The van der Waals surface area contributed by atoms with E-state index in [-0.39, 0.29) is 11.5 Å². The minimum atomic E-state index is -0.120. The number of rotatable bonds is 2. The summed E-state index contributed by atoms with van der Waals surface area (Å²) in [7, 11) is 1.71. The number of anilines is 1. The molecule has 1 N–H and O–H groups in total. The normalized spacial score (nSPS) is 13.2. The molecule has 20 heavy (non-hydrogen) atoms. The van der Waals surface area contributed by atoms with Gasteiger partial charge in [0.25, 0.3) is 5.91 Å². The molecule has 0 spiro atoms. The maximum absolute atomic E-state index is 12.1. The van der Waals surface area contributed by atoms with Crippen LogP contribution >= 0.6 is 0 Å². The van der Waals surface area contributed by atoms with Crippen molar-refractivity contribution in [2.24, 2.45) is 0 Å². The van der Waals surface area contributed by atoms with Gasteiger partial charge in [-0.1, -0.05) is 0 Å². The van der Waals surface area contributed by atoms with Gasteiger partial charge in [-0.25, -0.2) is 0 Å². The van der Waals surface area contributed by atoms with E-state index in [9.17, 15) is 4.79 Å². The largest absolute Gasteiger partial charge is 0.491 e. The van der Waals surface area contributed by atoms with E-state index in [2.05, 4.69) is 5.32 Å². The van der Waals surface area contributed by atoms with Gasteiger partial charge in [0.2, 0.25) is 0 Å². The molecular formula is C14H12N4O2. The quantitative estimate of drug-likeness (QED) is 0.821. The summed E-state index contributed by atoms with van der Waals surface area (Å²) in [5.74, 6) is 0.417. The zero-order valence-corrected chi connectivity index (χ0v) is 10.9. The van der Waals surface area contributed by atoms with Crippen LogP contribution in [-0.4, -0.2) is 31.0 Å². The van der Waals surface area contributed by atoms with Crippen LogP contribution in [0, 0.1) is 22.7 Å². The number of carbonyl (C=O) groups excluding carboxylic acids is 1. The fourth-order valence-corrected chi connectivity index (χ4v) is 1.76. The summed E-state index contributed by atoms with van der Waals surface area (Å²) in [6.45, 7) is 0.984. The fourth-order valence-electron chi connectivity index (χ4n) is 1.76. The van der Waals surface area contributed by atoms with E-state index in [0.717, 1.165) is 0 Å². The minimum Gasteiger partial charge on any atom is -0.491 e. The second kappa shape index (κ2) is 5.77. The molecule has 0 aliphatic carbocycles. The molecule has 1 aromatic carbocycles. The summed E-state index contributed by atoms with van der Waals surface area (Å²) in [6.07, 6.45) is 1.30. The molecule has 0 saturated carbocycles. The van der Waals surface area contributed by atoms with Gasteiger partial charge >= 0.3 is 0 Å². The summed E-state index contributed by atoms with van der Waals surface area (Å²) in [5.41, 5.74) is 1.03. The number of allylic oxidation sites excluding steroid dienone is 1. The van der Waals surface area contributed by atoms with Crippen molar-refractivity contribution in [3.63, 3.8) is 0 Å². The van der Waals surface area contributed by atoms with E-state index < -0.39 is 0 Å². The second-order valence-corrected chi connectivity index (χ2v) is 4.21. The van der Waals surface area contributed by atoms with Gasteiger partial charge in [-0.15, -0.1) is 0 Å². The minimum absolute atomic E-state index is 0.0420. The lowest BCUT2D eigenvalue weighted by atomic mass is 10.1. The number of benzene rings is 1. The van der Waals surface area contributed by atoms with Crippen molar-refractivity contribution < 1.29 is 9.53 Å². The highest BCUT2D eigenvalue weighted by atomic mass is 16.5. The van der Waals surface area contributed by atoms with Crippen molar-refractivity contribution in [1.82, 2.24) is 4.90 Å². The number of ether oxygens (including phenoxy) is 1. The molecule has 6 nitrogen and oxygen atoms in total. The lowest BCUT2D eigenvalue weighted by molar-refractivity contribution is 0.0797. The van der Waals surface area contributed by atoms with E-state index in [1.165, 1.54) is 6.20 Å². The van der Waals surface area contributed by atoms with E-state index in [4.69, 9.17) is 15.3 Å². The number of amides is 1. The molecule has 0 bridgehead atoms. The zero-order chi connectivity index (χ0) is 14.5. The molecule has 1 heterocycles. The van der Waals surface area contributed by atoms with Crippen LogP contribution in [0.4, 0.5) is 5.69 Å². The predicted octanol–water partition coefficient (Wildman–Crippen LogP) is 1.49. The lowest BCUT2D eigenvalue weighted by Crippen LogP contribution is -2.27. The Bertz CT molecular complexity index is 636. The lowest BCUT2D eigenvalue weighted by Gasteiger charge is -2.12. The van der Waals surface area contributed by atoms with Gasteiger partial charge in [0.1, 0.15) is 30.1 Å². The standard InChI is InChI=1S/C14H12N4O2/c1-18-4-5-20-13-3-2-11(6-12(13)14(18)19)17-9-10(7-15)8-16/h2-3,6,9,17H,4-5H2,1H3. The molecule has 1 aliphatic rings. The van der Waals surface area contributed by atoms with Crippen molar-refractivity contribution >= 4 is 11.6 Å². The Balaban J connectivity index is 2.30. The SMILES string of the molecule is CN1CCOc2ccc(NC=C(C#N)C#N)cc2C1=O. The summed E-state index contributed by atoms with van der Waals surface area (Å²) >= 11 is 0. The molecular weight excluding hydrogens is 256 g/mol. The van der Waals surface area contributed by atoms with E-state index in [1.807, 2.05) is 0 Å². The molecule has 0 fully saturated rings. The first-order valence-corrected chi connectivity index (χ1v) is 5.95. The Morgan fingerprint density at radius 1 is 1.45 bits per heavy atom. The van der Waals surface area contributed by atoms with Crippen LogP contribution in [0.2, 0.25) is 0 Å². The summed E-state index contributed by atoms with van der Waals surface area (Å²) in [4.78, 5) is 13.7. The van der Waals surface area contributed by atoms with Crippen LogP contribution in [0.5, 0.6) is 5.75 Å². The highest BCUT2D eigenvalue weighted by Gasteiger charge is 2.20. The van der Waals surface area contributed by atoms with Gasteiger partial charge in [-0.2, -0.15) is 10.5 Å². The van der Waals surface area contributed by atoms with Crippen molar-refractivity contribution in [3.8, 4) is 17.9 Å². The predicted molar refractivity (Wildman–Crippen MR) is 71.8 cm³/mol. The number of fused-ring (bicyclic) bond motifs is 1. The average Bonchev–Trinajstić information content (AvgIpc) is 2.61. The molecule has 1 aromatic rings. The monoisotopic (exact) mass is 268 g/mol. The number of nitrogens with one attached hydrogen (secondary N) is 1. The van der Waals surface area contributed by atoms with Crippen molar-refractivity contribution in [2.45, 2.75) is 0 Å². The fraction of sp³-hybridized carbons (Fsp3) is 0.214. The van der Waals surface area contributed by atoms with E-state index in [1.54, 1.807) is 42.3 Å². The Morgan fingerprint density at radius 2 is 2.20 bits per heavy atom. The van der Waals surface area contributed by atoms with Gasteiger partial charge in [0, 0.05) is 18.9 Å². The van der Waals surface area contributed by atoms with Gasteiger partial charge in [-0.05, 0) is 18.2 Å². The van der Waals surface area contributed by atoms with Crippen molar-refractivity contribution in [1.29, 1.82) is 10.5 Å². The molecule has 0 unspecified atom stereocenters. The molecule has 1 amide bonds. The van der Waals surface area contributed by atoms with Crippen LogP contribution in [0.15, 0.2) is 30.0 Å². The summed E-state index contributed by atoms with van der Waals surface area (Å²) in [5, 5.41) is 20.1. The maximum Gasteiger partial charge on any atom is 0.257 e.